The monoisotopic (exact) mass is 322 g/mol. The van der Waals surface area contributed by atoms with Gasteiger partial charge in [-0.15, -0.1) is 0 Å². The third-order valence-corrected chi connectivity index (χ3v) is 3.06. The Morgan fingerprint density at radius 3 is 2.68 bits per heavy atom. The van der Waals surface area contributed by atoms with Crippen LogP contribution in [0.15, 0.2) is 35.1 Å². The highest BCUT2D eigenvalue weighted by Gasteiger charge is 2.10. The van der Waals surface area contributed by atoms with E-state index in [1.54, 1.807) is 24.3 Å². The molecule has 1 heterocycles. The van der Waals surface area contributed by atoms with Crippen LogP contribution in [0.3, 0.4) is 0 Å². The molecule has 7 nitrogen and oxygen atoms in total. The van der Waals surface area contributed by atoms with Crippen molar-refractivity contribution in [3.63, 3.8) is 0 Å². The summed E-state index contributed by atoms with van der Waals surface area (Å²) >= 11 is 5.77. The molecular weight excluding hydrogens is 308 g/mol. The van der Waals surface area contributed by atoms with E-state index >= 15 is 0 Å². The lowest BCUT2D eigenvalue weighted by Crippen LogP contribution is -2.30. The van der Waals surface area contributed by atoms with Crippen LogP contribution in [0.2, 0.25) is 5.02 Å². The number of ether oxygens (including phenoxy) is 1. The first kappa shape index (κ1) is 16.0. The molecule has 0 aliphatic rings. The lowest BCUT2D eigenvalue weighted by Gasteiger charge is -2.10. The number of amides is 1. The highest BCUT2D eigenvalue weighted by atomic mass is 35.5. The Balaban J connectivity index is 2.11. The SMILES string of the molecule is COCc1cc(=O)n(CC(=O)Nc2ccc(Cl)cc2)c(N)n1. The van der Waals surface area contributed by atoms with E-state index in [4.69, 9.17) is 22.1 Å². The summed E-state index contributed by atoms with van der Waals surface area (Å²) < 4.78 is 5.98. The summed E-state index contributed by atoms with van der Waals surface area (Å²) in [4.78, 5) is 27.9. The molecule has 1 aromatic heterocycles. The first-order valence-electron chi connectivity index (χ1n) is 6.40. The Kier molecular flexibility index (Phi) is 5.13. The highest BCUT2D eigenvalue weighted by molar-refractivity contribution is 6.30. The van der Waals surface area contributed by atoms with Gasteiger partial charge in [-0.1, -0.05) is 11.6 Å². The number of rotatable bonds is 5. The molecule has 1 amide bonds. The maximum absolute atomic E-state index is 12.0. The van der Waals surface area contributed by atoms with Crippen molar-refractivity contribution in [3.8, 4) is 0 Å². The van der Waals surface area contributed by atoms with E-state index < -0.39 is 11.5 Å². The van der Waals surface area contributed by atoms with Gasteiger partial charge in [0.2, 0.25) is 11.9 Å². The number of halogens is 1. The van der Waals surface area contributed by atoms with Gasteiger partial charge < -0.3 is 15.8 Å². The normalized spacial score (nSPS) is 10.5. The van der Waals surface area contributed by atoms with Crippen molar-refractivity contribution in [1.29, 1.82) is 0 Å². The molecule has 2 rings (SSSR count). The third-order valence-electron chi connectivity index (χ3n) is 2.81. The van der Waals surface area contributed by atoms with Crippen LogP contribution in [0.5, 0.6) is 0 Å². The first-order chi connectivity index (χ1) is 10.5. The third kappa shape index (κ3) is 4.06. The molecule has 2 aromatic rings. The summed E-state index contributed by atoms with van der Waals surface area (Å²) in [6, 6.07) is 7.91. The number of aromatic nitrogens is 2. The van der Waals surface area contributed by atoms with Crippen LogP contribution in [-0.2, 0) is 22.7 Å². The first-order valence-corrected chi connectivity index (χ1v) is 6.78. The van der Waals surface area contributed by atoms with Gasteiger partial charge in [-0.25, -0.2) is 4.98 Å². The van der Waals surface area contributed by atoms with Crippen LogP contribution in [0.1, 0.15) is 5.69 Å². The van der Waals surface area contributed by atoms with Gasteiger partial charge >= 0.3 is 0 Å². The van der Waals surface area contributed by atoms with Gasteiger partial charge in [0, 0.05) is 23.9 Å². The van der Waals surface area contributed by atoms with Crippen LogP contribution in [0.4, 0.5) is 11.6 Å². The number of hydrogen-bond acceptors (Lipinski definition) is 5. The second-order valence-electron chi connectivity index (χ2n) is 4.52. The summed E-state index contributed by atoms with van der Waals surface area (Å²) in [7, 11) is 1.49. The van der Waals surface area contributed by atoms with Gasteiger partial charge in [0.25, 0.3) is 5.56 Å². The van der Waals surface area contributed by atoms with E-state index in [0.29, 0.717) is 16.4 Å². The minimum Gasteiger partial charge on any atom is -0.378 e. The maximum Gasteiger partial charge on any atom is 0.255 e. The van der Waals surface area contributed by atoms with Crippen LogP contribution in [0.25, 0.3) is 0 Å². The molecule has 1 aromatic carbocycles. The molecule has 0 unspecified atom stereocenters. The van der Waals surface area contributed by atoms with Gasteiger partial charge in [0.1, 0.15) is 6.54 Å². The molecule has 8 heteroatoms. The van der Waals surface area contributed by atoms with Crippen LogP contribution in [0, 0.1) is 0 Å². The second-order valence-corrected chi connectivity index (χ2v) is 4.95. The number of carbonyl (C=O) groups is 1. The molecule has 0 bridgehead atoms. The fraction of sp³-hybridized carbons (Fsp3) is 0.214. The zero-order valence-corrected chi connectivity index (χ0v) is 12.6. The zero-order valence-electron chi connectivity index (χ0n) is 11.9. The minimum atomic E-state index is -0.411. The molecular formula is C14H15ClN4O3. The molecule has 0 radical (unpaired) electrons. The minimum absolute atomic E-state index is 0.0363. The topological polar surface area (TPSA) is 99.2 Å². The summed E-state index contributed by atoms with van der Waals surface area (Å²) in [6.45, 7) is -0.0508. The molecule has 116 valence electrons. The molecule has 0 fully saturated rings. The van der Waals surface area contributed by atoms with Gasteiger partial charge in [-0.05, 0) is 24.3 Å². The standard InChI is InChI=1S/C14H15ClN4O3/c1-22-8-11-6-13(21)19(14(16)18-11)7-12(20)17-10-4-2-9(15)3-5-10/h2-6H,7-8H2,1H3,(H2,16,18)(H,17,20). The number of nitrogens with one attached hydrogen (secondary N) is 1. The number of nitrogens with two attached hydrogens (primary N) is 1. The van der Waals surface area contributed by atoms with Crippen molar-refractivity contribution in [3.05, 3.63) is 51.4 Å². The van der Waals surface area contributed by atoms with Crippen LogP contribution < -0.4 is 16.6 Å². The van der Waals surface area contributed by atoms with Crippen molar-refractivity contribution in [2.75, 3.05) is 18.2 Å². The lowest BCUT2D eigenvalue weighted by atomic mass is 10.3. The largest absolute Gasteiger partial charge is 0.378 e. The maximum atomic E-state index is 12.0. The van der Waals surface area contributed by atoms with Gasteiger partial charge in [-0.3, -0.25) is 14.2 Å². The number of nitrogen functional groups attached to an aromatic ring is 1. The van der Waals surface area contributed by atoms with Crippen LogP contribution in [-0.4, -0.2) is 22.6 Å². The fourth-order valence-electron chi connectivity index (χ4n) is 1.83. The van der Waals surface area contributed by atoms with E-state index in [9.17, 15) is 9.59 Å². The predicted octanol–water partition coefficient (Wildman–Crippen LogP) is 1.26. The van der Waals surface area contributed by atoms with Crippen molar-refractivity contribution in [1.82, 2.24) is 9.55 Å². The number of benzene rings is 1. The molecule has 3 N–H and O–H groups in total. The Morgan fingerprint density at radius 1 is 1.41 bits per heavy atom. The summed E-state index contributed by atoms with van der Waals surface area (Å²) in [5.41, 5.74) is 6.29. The van der Waals surface area contributed by atoms with Crippen molar-refractivity contribution in [2.45, 2.75) is 13.2 Å². The molecule has 0 spiro atoms. The Bertz CT molecular complexity index is 728. The number of anilines is 2. The van der Waals surface area contributed by atoms with E-state index in [0.717, 1.165) is 4.57 Å². The molecule has 22 heavy (non-hydrogen) atoms. The Labute approximate surface area is 131 Å². The number of nitrogens with zero attached hydrogens (tertiary/aromatic N) is 2. The van der Waals surface area contributed by atoms with Gasteiger partial charge in [0.05, 0.1) is 12.3 Å². The van der Waals surface area contributed by atoms with E-state index in [2.05, 4.69) is 10.3 Å². The lowest BCUT2D eigenvalue weighted by molar-refractivity contribution is -0.116. The van der Waals surface area contributed by atoms with E-state index in [1.807, 2.05) is 0 Å². The quantitative estimate of drug-likeness (QED) is 0.863. The zero-order chi connectivity index (χ0) is 16.1. The predicted molar refractivity (Wildman–Crippen MR) is 83.7 cm³/mol. The molecule has 0 atom stereocenters. The van der Waals surface area contributed by atoms with Gasteiger partial charge in [-0.2, -0.15) is 0 Å². The van der Waals surface area contributed by atoms with Crippen molar-refractivity contribution >= 4 is 29.1 Å². The van der Waals surface area contributed by atoms with E-state index in [-0.39, 0.29) is 19.1 Å². The van der Waals surface area contributed by atoms with Gasteiger partial charge in [0.15, 0.2) is 0 Å². The molecule has 0 saturated heterocycles. The summed E-state index contributed by atoms with van der Waals surface area (Å²) in [5.74, 6) is -0.428. The van der Waals surface area contributed by atoms with Crippen molar-refractivity contribution in [2.24, 2.45) is 0 Å². The summed E-state index contributed by atoms with van der Waals surface area (Å²) in [5, 5.41) is 3.21. The van der Waals surface area contributed by atoms with Crippen molar-refractivity contribution < 1.29 is 9.53 Å². The molecule has 0 saturated carbocycles. The number of hydrogen-bond donors (Lipinski definition) is 2. The average molecular weight is 323 g/mol. The molecule has 0 aliphatic heterocycles. The number of methoxy groups -OCH3 is 1. The second kappa shape index (κ2) is 7.06. The highest BCUT2D eigenvalue weighted by Crippen LogP contribution is 2.13. The number of carbonyl (C=O) groups excluding carboxylic acids is 1. The Hall–Kier alpha value is -2.38. The fourth-order valence-corrected chi connectivity index (χ4v) is 1.96. The van der Waals surface area contributed by atoms with Crippen LogP contribution >= 0.6 is 11.6 Å². The molecule has 0 aliphatic carbocycles. The average Bonchev–Trinajstić information content (AvgIpc) is 2.46. The van der Waals surface area contributed by atoms with E-state index in [1.165, 1.54) is 13.2 Å². The summed E-state index contributed by atoms with van der Waals surface area (Å²) in [6.07, 6.45) is 0. The smallest absolute Gasteiger partial charge is 0.255 e. The Morgan fingerprint density at radius 2 is 2.09 bits per heavy atom.